The lowest BCUT2D eigenvalue weighted by Gasteiger charge is -2.29. The predicted octanol–water partition coefficient (Wildman–Crippen LogP) is 3.86. The molecule has 3 heteroatoms. The van der Waals surface area contributed by atoms with Crippen molar-refractivity contribution in [3.05, 3.63) is 70.0 Å². The van der Waals surface area contributed by atoms with Crippen molar-refractivity contribution in [1.29, 1.82) is 0 Å². The summed E-state index contributed by atoms with van der Waals surface area (Å²) in [6.07, 6.45) is 2.82. The molecule has 3 rings (SSSR count). The topological polar surface area (TPSA) is 26.0 Å². The van der Waals surface area contributed by atoms with Gasteiger partial charge in [0.15, 0.2) is 0 Å². The average molecular weight is 290 g/mol. The SMILES string of the molecule is NCC1(Cc2ccc(Cl)c(F)c2)CCc2ccccc21. The number of halogens is 2. The monoisotopic (exact) mass is 289 g/mol. The molecule has 0 spiro atoms. The van der Waals surface area contributed by atoms with Crippen LogP contribution in [-0.2, 0) is 18.3 Å². The van der Waals surface area contributed by atoms with Crippen molar-refractivity contribution in [1.82, 2.24) is 0 Å². The third-order valence-corrected chi connectivity index (χ3v) is 4.69. The highest BCUT2D eigenvalue weighted by molar-refractivity contribution is 6.30. The molecule has 2 aromatic rings. The average Bonchev–Trinajstić information content (AvgIpc) is 2.83. The molecule has 0 amide bonds. The molecule has 2 aromatic carbocycles. The minimum atomic E-state index is -0.359. The van der Waals surface area contributed by atoms with E-state index in [1.807, 2.05) is 6.07 Å². The van der Waals surface area contributed by atoms with E-state index in [-0.39, 0.29) is 16.3 Å². The first kappa shape index (κ1) is 13.6. The summed E-state index contributed by atoms with van der Waals surface area (Å²) in [6.45, 7) is 0.578. The van der Waals surface area contributed by atoms with Gasteiger partial charge in [-0.15, -0.1) is 0 Å². The fraction of sp³-hybridized carbons (Fsp3) is 0.294. The van der Waals surface area contributed by atoms with E-state index in [1.165, 1.54) is 17.2 Å². The smallest absolute Gasteiger partial charge is 0.142 e. The number of hydrogen-bond donors (Lipinski definition) is 1. The lowest BCUT2D eigenvalue weighted by molar-refractivity contribution is 0.431. The maximum absolute atomic E-state index is 13.6. The Kier molecular flexibility index (Phi) is 3.53. The summed E-state index contributed by atoms with van der Waals surface area (Å²) < 4.78 is 13.6. The summed E-state index contributed by atoms with van der Waals surface area (Å²) >= 11 is 5.75. The Labute approximate surface area is 123 Å². The molecule has 20 heavy (non-hydrogen) atoms. The van der Waals surface area contributed by atoms with Crippen molar-refractivity contribution in [2.75, 3.05) is 6.54 Å². The highest BCUT2D eigenvalue weighted by atomic mass is 35.5. The third-order valence-electron chi connectivity index (χ3n) is 4.38. The summed E-state index contributed by atoms with van der Waals surface area (Å²) in [5.74, 6) is -0.359. The van der Waals surface area contributed by atoms with Gasteiger partial charge in [-0.2, -0.15) is 0 Å². The van der Waals surface area contributed by atoms with E-state index in [4.69, 9.17) is 17.3 Å². The second kappa shape index (κ2) is 5.19. The molecular formula is C17H17ClFN. The first-order chi connectivity index (χ1) is 9.64. The van der Waals surface area contributed by atoms with Crippen LogP contribution in [0.5, 0.6) is 0 Å². The molecule has 1 nitrogen and oxygen atoms in total. The molecule has 0 bridgehead atoms. The zero-order valence-electron chi connectivity index (χ0n) is 11.2. The number of aryl methyl sites for hydroxylation is 1. The maximum Gasteiger partial charge on any atom is 0.142 e. The predicted molar refractivity (Wildman–Crippen MR) is 80.6 cm³/mol. The van der Waals surface area contributed by atoms with E-state index in [2.05, 4.69) is 24.3 Å². The van der Waals surface area contributed by atoms with Gasteiger partial charge in [-0.3, -0.25) is 0 Å². The Balaban J connectivity index is 1.97. The van der Waals surface area contributed by atoms with Crippen LogP contribution >= 0.6 is 11.6 Å². The molecule has 0 saturated carbocycles. The molecular weight excluding hydrogens is 273 g/mol. The van der Waals surface area contributed by atoms with Gasteiger partial charge in [0.1, 0.15) is 5.82 Å². The highest BCUT2D eigenvalue weighted by Crippen LogP contribution is 2.40. The molecule has 104 valence electrons. The van der Waals surface area contributed by atoms with E-state index in [1.54, 1.807) is 6.07 Å². The van der Waals surface area contributed by atoms with Gasteiger partial charge in [-0.25, -0.2) is 4.39 Å². The highest BCUT2D eigenvalue weighted by Gasteiger charge is 2.37. The Morgan fingerprint density at radius 3 is 2.75 bits per heavy atom. The van der Waals surface area contributed by atoms with Gasteiger partial charge in [0.05, 0.1) is 5.02 Å². The van der Waals surface area contributed by atoms with Crippen molar-refractivity contribution in [2.45, 2.75) is 24.7 Å². The lowest BCUT2D eigenvalue weighted by Crippen LogP contribution is -2.35. The molecule has 0 fully saturated rings. The van der Waals surface area contributed by atoms with Gasteiger partial charge in [-0.1, -0.05) is 41.9 Å². The van der Waals surface area contributed by atoms with Gasteiger partial charge >= 0.3 is 0 Å². The Bertz CT molecular complexity index is 641. The normalized spacial score (nSPS) is 20.9. The van der Waals surface area contributed by atoms with Crippen LogP contribution in [0.1, 0.15) is 23.1 Å². The van der Waals surface area contributed by atoms with Crippen molar-refractivity contribution >= 4 is 11.6 Å². The second-order valence-electron chi connectivity index (χ2n) is 5.57. The van der Waals surface area contributed by atoms with Gasteiger partial charge in [0, 0.05) is 12.0 Å². The number of rotatable bonds is 3. The molecule has 0 aliphatic heterocycles. The van der Waals surface area contributed by atoms with Gasteiger partial charge in [0.25, 0.3) is 0 Å². The van der Waals surface area contributed by atoms with Crippen LogP contribution in [0.3, 0.4) is 0 Å². The van der Waals surface area contributed by atoms with Gasteiger partial charge in [-0.05, 0) is 48.1 Å². The van der Waals surface area contributed by atoms with Crippen molar-refractivity contribution < 1.29 is 4.39 Å². The number of nitrogens with two attached hydrogens (primary N) is 1. The lowest BCUT2D eigenvalue weighted by atomic mass is 9.76. The quantitative estimate of drug-likeness (QED) is 0.912. The van der Waals surface area contributed by atoms with Gasteiger partial charge in [0.2, 0.25) is 0 Å². The number of hydrogen-bond acceptors (Lipinski definition) is 1. The number of fused-ring (bicyclic) bond motifs is 1. The van der Waals surface area contributed by atoms with E-state index in [9.17, 15) is 4.39 Å². The van der Waals surface area contributed by atoms with Crippen LogP contribution in [0.4, 0.5) is 4.39 Å². The molecule has 0 saturated heterocycles. The van der Waals surface area contributed by atoms with Crippen LogP contribution in [0, 0.1) is 5.82 Å². The fourth-order valence-corrected chi connectivity index (χ4v) is 3.39. The molecule has 1 unspecified atom stereocenters. The molecule has 1 aliphatic rings. The number of benzene rings is 2. The first-order valence-corrected chi connectivity index (χ1v) is 7.25. The fourth-order valence-electron chi connectivity index (χ4n) is 3.27. The minimum Gasteiger partial charge on any atom is -0.330 e. The summed E-state index contributed by atoms with van der Waals surface area (Å²) in [6, 6.07) is 13.5. The van der Waals surface area contributed by atoms with Crippen molar-refractivity contribution in [3.63, 3.8) is 0 Å². The van der Waals surface area contributed by atoms with E-state index in [0.717, 1.165) is 24.8 Å². The van der Waals surface area contributed by atoms with Crippen LogP contribution in [0.25, 0.3) is 0 Å². The van der Waals surface area contributed by atoms with Crippen LogP contribution in [0.2, 0.25) is 5.02 Å². The third kappa shape index (κ3) is 2.23. The Morgan fingerprint density at radius 1 is 1.20 bits per heavy atom. The van der Waals surface area contributed by atoms with E-state index in [0.29, 0.717) is 6.54 Å². The second-order valence-corrected chi connectivity index (χ2v) is 5.97. The Hall–Kier alpha value is -1.38. The summed E-state index contributed by atoms with van der Waals surface area (Å²) in [5.41, 5.74) is 9.65. The maximum atomic E-state index is 13.6. The molecule has 1 atom stereocenters. The van der Waals surface area contributed by atoms with Crippen molar-refractivity contribution in [3.8, 4) is 0 Å². The van der Waals surface area contributed by atoms with Gasteiger partial charge < -0.3 is 5.73 Å². The summed E-state index contributed by atoms with van der Waals surface area (Å²) in [7, 11) is 0. The largest absolute Gasteiger partial charge is 0.330 e. The van der Waals surface area contributed by atoms with E-state index < -0.39 is 0 Å². The van der Waals surface area contributed by atoms with Crippen molar-refractivity contribution in [2.24, 2.45) is 5.73 Å². The zero-order valence-corrected chi connectivity index (χ0v) is 12.0. The molecule has 1 aliphatic carbocycles. The zero-order chi connectivity index (χ0) is 14.2. The Morgan fingerprint density at radius 2 is 2.00 bits per heavy atom. The summed E-state index contributed by atoms with van der Waals surface area (Å²) in [4.78, 5) is 0. The first-order valence-electron chi connectivity index (χ1n) is 6.87. The van der Waals surface area contributed by atoms with Crippen LogP contribution in [-0.4, -0.2) is 6.54 Å². The molecule has 0 radical (unpaired) electrons. The minimum absolute atomic E-state index is 0.0726. The molecule has 0 aromatic heterocycles. The standard InChI is InChI=1S/C17H17ClFN/c18-15-6-5-12(9-16(15)19)10-17(11-20)8-7-13-3-1-2-4-14(13)17/h1-6,9H,7-8,10-11,20H2. The van der Waals surface area contributed by atoms with Crippen LogP contribution < -0.4 is 5.73 Å². The van der Waals surface area contributed by atoms with Crippen LogP contribution in [0.15, 0.2) is 42.5 Å². The molecule has 0 heterocycles. The summed E-state index contributed by atoms with van der Waals surface area (Å²) in [5, 5.41) is 0.169. The molecule has 2 N–H and O–H groups in total. The van der Waals surface area contributed by atoms with E-state index >= 15 is 0 Å².